The molecule has 0 saturated heterocycles. The van der Waals surface area contributed by atoms with Crippen molar-refractivity contribution >= 4 is 5.91 Å². The predicted molar refractivity (Wildman–Crippen MR) is 50.4 cm³/mol. The van der Waals surface area contributed by atoms with Gasteiger partial charge in [-0.1, -0.05) is 0 Å². The fourth-order valence-electron chi connectivity index (χ4n) is 1.09. The van der Waals surface area contributed by atoms with Gasteiger partial charge in [0.25, 0.3) is 5.91 Å². The van der Waals surface area contributed by atoms with Gasteiger partial charge in [-0.25, -0.2) is 0 Å². The van der Waals surface area contributed by atoms with Crippen molar-refractivity contribution in [2.45, 2.75) is 0 Å². The van der Waals surface area contributed by atoms with Crippen molar-refractivity contribution in [3.63, 3.8) is 0 Å². The number of carbonyl (C=O) groups is 1. The Labute approximate surface area is 81.4 Å². The number of carbonyl (C=O) groups excluding carboxylic acids is 1. The van der Waals surface area contributed by atoms with Crippen LogP contribution >= 0.6 is 0 Å². The Morgan fingerprint density at radius 3 is 2.50 bits per heavy atom. The molecule has 0 aliphatic carbocycles. The summed E-state index contributed by atoms with van der Waals surface area (Å²) in [6.07, 6.45) is 1.38. The molecule has 0 fully saturated rings. The van der Waals surface area contributed by atoms with Gasteiger partial charge in [0.05, 0.1) is 6.20 Å². The van der Waals surface area contributed by atoms with Crippen molar-refractivity contribution in [2.24, 2.45) is 11.5 Å². The number of hydrogen-bond acceptors (Lipinski definition) is 5. The predicted octanol–water partition coefficient (Wildman–Crippen LogP) is -1.84. The summed E-state index contributed by atoms with van der Waals surface area (Å²) in [7, 11) is 0. The molecule has 0 radical (unpaired) electrons. The van der Waals surface area contributed by atoms with Gasteiger partial charge in [0.1, 0.15) is 0 Å². The van der Waals surface area contributed by atoms with Crippen LogP contribution in [0.2, 0.25) is 0 Å². The van der Waals surface area contributed by atoms with E-state index in [1.54, 1.807) is 4.90 Å². The van der Waals surface area contributed by atoms with Crippen LogP contribution in [0.1, 0.15) is 10.5 Å². The van der Waals surface area contributed by atoms with Crippen LogP contribution in [0.25, 0.3) is 0 Å². The van der Waals surface area contributed by atoms with E-state index in [4.69, 9.17) is 11.5 Å². The van der Waals surface area contributed by atoms with E-state index in [1.807, 2.05) is 0 Å². The number of hydrogen-bond donors (Lipinski definition) is 3. The van der Waals surface area contributed by atoms with Gasteiger partial charge in [0.15, 0.2) is 5.69 Å². The molecule has 1 heterocycles. The lowest BCUT2D eigenvalue weighted by molar-refractivity contribution is 0.0759. The number of aromatic nitrogens is 3. The second-order valence-corrected chi connectivity index (χ2v) is 2.72. The van der Waals surface area contributed by atoms with Gasteiger partial charge < -0.3 is 16.4 Å². The highest BCUT2D eigenvalue weighted by atomic mass is 16.2. The maximum atomic E-state index is 11.7. The fourth-order valence-corrected chi connectivity index (χ4v) is 1.09. The Kier molecular flexibility index (Phi) is 4.02. The van der Waals surface area contributed by atoms with Crippen LogP contribution in [0.5, 0.6) is 0 Å². The highest BCUT2D eigenvalue weighted by Gasteiger charge is 2.16. The summed E-state index contributed by atoms with van der Waals surface area (Å²) in [6.45, 7) is 1.76. The smallest absolute Gasteiger partial charge is 0.276 e. The molecule has 1 aromatic heterocycles. The molecule has 7 nitrogen and oxygen atoms in total. The second kappa shape index (κ2) is 5.30. The van der Waals surface area contributed by atoms with Crippen LogP contribution in [-0.2, 0) is 0 Å². The SMILES string of the molecule is NCCN(CCN)C(=O)c1cn[nH]n1. The largest absolute Gasteiger partial charge is 0.335 e. The molecule has 0 unspecified atom stereocenters. The Morgan fingerprint density at radius 2 is 2.07 bits per heavy atom. The molecule has 0 atom stereocenters. The standard InChI is InChI=1S/C7H14N6O/c8-1-3-13(4-2-9)7(14)6-5-10-12-11-6/h5H,1-4,8-9H2,(H,10,11,12). The van der Waals surface area contributed by atoms with E-state index in [2.05, 4.69) is 15.4 Å². The molecule has 0 bridgehead atoms. The third-order valence-corrected chi connectivity index (χ3v) is 1.72. The number of nitrogens with two attached hydrogens (primary N) is 2. The molecule has 7 heteroatoms. The van der Waals surface area contributed by atoms with Gasteiger partial charge in [-0.15, -0.1) is 0 Å². The molecular formula is C7H14N6O. The molecule has 0 saturated carbocycles. The van der Waals surface area contributed by atoms with Crippen LogP contribution in [0.4, 0.5) is 0 Å². The third-order valence-electron chi connectivity index (χ3n) is 1.72. The Hall–Kier alpha value is -1.47. The quantitative estimate of drug-likeness (QED) is 0.514. The molecule has 0 spiro atoms. The summed E-state index contributed by atoms with van der Waals surface area (Å²) < 4.78 is 0. The second-order valence-electron chi connectivity index (χ2n) is 2.72. The van der Waals surface area contributed by atoms with Crippen LogP contribution in [-0.4, -0.2) is 52.4 Å². The molecule has 1 rings (SSSR count). The normalized spacial score (nSPS) is 10.1. The Balaban J connectivity index is 2.63. The van der Waals surface area contributed by atoms with E-state index < -0.39 is 0 Å². The summed E-state index contributed by atoms with van der Waals surface area (Å²) in [6, 6.07) is 0. The molecule has 14 heavy (non-hydrogen) atoms. The monoisotopic (exact) mass is 198 g/mol. The number of nitrogens with one attached hydrogen (secondary N) is 1. The minimum atomic E-state index is -0.199. The van der Waals surface area contributed by atoms with Gasteiger partial charge in [-0.3, -0.25) is 4.79 Å². The number of nitrogens with zero attached hydrogens (tertiary/aromatic N) is 3. The molecular weight excluding hydrogens is 184 g/mol. The first-order valence-corrected chi connectivity index (χ1v) is 4.34. The molecule has 0 aliphatic heterocycles. The lowest BCUT2D eigenvalue weighted by Crippen LogP contribution is -2.39. The number of rotatable bonds is 5. The lowest BCUT2D eigenvalue weighted by Gasteiger charge is -2.19. The average Bonchev–Trinajstić information content (AvgIpc) is 2.69. The number of aromatic amines is 1. The zero-order valence-corrected chi connectivity index (χ0v) is 7.81. The molecule has 78 valence electrons. The Morgan fingerprint density at radius 1 is 1.43 bits per heavy atom. The van der Waals surface area contributed by atoms with E-state index in [-0.39, 0.29) is 11.6 Å². The van der Waals surface area contributed by atoms with E-state index >= 15 is 0 Å². The topological polar surface area (TPSA) is 114 Å². The fraction of sp³-hybridized carbons (Fsp3) is 0.571. The van der Waals surface area contributed by atoms with Crippen LogP contribution in [0.15, 0.2) is 6.20 Å². The summed E-state index contributed by atoms with van der Waals surface area (Å²) in [5, 5.41) is 9.63. The maximum Gasteiger partial charge on any atom is 0.276 e. The van der Waals surface area contributed by atoms with Crippen molar-refractivity contribution in [1.29, 1.82) is 0 Å². The van der Waals surface area contributed by atoms with Crippen LogP contribution in [0.3, 0.4) is 0 Å². The van der Waals surface area contributed by atoms with Crippen LogP contribution in [0, 0.1) is 0 Å². The van der Waals surface area contributed by atoms with Crippen molar-refractivity contribution in [2.75, 3.05) is 26.2 Å². The van der Waals surface area contributed by atoms with Crippen molar-refractivity contribution < 1.29 is 4.79 Å². The summed E-state index contributed by atoms with van der Waals surface area (Å²) in [5.41, 5.74) is 11.0. The first kappa shape index (κ1) is 10.6. The van der Waals surface area contributed by atoms with Gasteiger partial charge in [0.2, 0.25) is 0 Å². The zero-order chi connectivity index (χ0) is 10.4. The van der Waals surface area contributed by atoms with E-state index in [0.29, 0.717) is 26.2 Å². The minimum Gasteiger partial charge on any atom is -0.335 e. The van der Waals surface area contributed by atoms with Gasteiger partial charge >= 0.3 is 0 Å². The molecule has 0 aliphatic rings. The summed E-state index contributed by atoms with van der Waals surface area (Å²) in [5.74, 6) is -0.199. The first-order chi connectivity index (χ1) is 6.79. The zero-order valence-electron chi connectivity index (χ0n) is 7.81. The van der Waals surface area contributed by atoms with Crippen molar-refractivity contribution in [3.8, 4) is 0 Å². The maximum absolute atomic E-state index is 11.7. The van der Waals surface area contributed by atoms with E-state index in [1.165, 1.54) is 6.20 Å². The first-order valence-electron chi connectivity index (χ1n) is 4.34. The lowest BCUT2D eigenvalue weighted by atomic mass is 10.3. The van der Waals surface area contributed by atoms with E-state index in [0.717, 1.165) is 0 Å². The Bertz CT molecular complexity index is 266. The highest BCUT2D eigenvalue weighted by molar-refractivity contribution is 5.91. The number of amides is 1. The average molecular weight is 198 g/mol. The molecule has 1 aromatic rings. The summed E-state index contributed by atoms with van der Waals surface area (Å²) in [4.78, 5) is 13.2. The molecule has 1 amide bonds. The van der Waals surface area contributed by atoms with Crippen molar-refractivity contribution in [3.05, 3.63) is 11.9 Å². The van der Waals surface area contributed by atoms with Gasteiger partial charge in [-0.2, -0.15) is 15.4 Å². The minimum absolute atomic E-state index is 0.199. The van der Waals surface area contributed by atoms with Gasteiger partial charge in [-0.05, 0) is 0 Å². The van der Waals surface area contributed by atoms with Gasteiger partial charge in [0, 0.05) is 26.2 Å². The van der Waals surface area contributed by atoms with Crippen molar-refractivity contribution in [1.82, 2.24) is 20.3 Å². The summed E-state index contributed by atoms with van der Waals surface area (Å²) >= 11 is 0. The molecule has 0 aromatic carbocycles. The van der Waals surface area contributed by atoms with Crippen LogP contribution < -0.4 is 11.5 Å². The third kappa shape index (κ3) is 2.51. The van der Waals surface area contributed by atoms with E-state index in [9.17, 15) is 4.79 Å². The molecule has 5 N–H and O–H groups in total. The number of H-pyrrole nitrogens is 1. The highest BCUT2D eigenvalue weighted by Crippen LogP contribution is 1.97.